The highest BCUT2D eigenvalue weighted by molar-refractivity contribution is 6.00. The fourth-order valence-electron chi connectivity index (χ4n) is 6.08. The number of urea groups is 1. The van der Waals surface area contributed by atoms with Crippen LogP contribution in [0.1, 0.15) is 16.8 Å². The van der Waals surface area contributed by atoms with E-state index in [4.69, 9.17) is 19.7 Å². The molecule has 0 bridgehead atoms. The Hall–Kier alpha value is -5.40. The number of carbonyl (C=O) groups excluding carboxylic acids is 2. The Morgan fingerprint density at radius 1 is 0.875 bits per heavy atom. The van der Waals surface area contributed by atoms with E-state index in [0.29, 0.717) is 55.1 Å². The van der Waals surface area contributed by atoms with Crippen molar-refractivity contribution in [2.75, 3.05) is 69.0 Å². The summed E-state index contributed by atoms with van der Waals surface area (Å²) >= 11 is 0. The fourth-order valence-corrected chi connectivity index (χ4v) is 6.08. The predicted octanol–water partition coefficient (Wildman–Crippen LogP) is 4.35. The lowest BCUT2D eigenvalue weighted by Gasteiger charge is -2.28. The van der Waals surface area contributed by atoms with Crippen LogP contribution in [-0.2, 0) is 11.8 Å². The van der Waals surface area contributed by atoms with Gasteiger partial charge in [0, 0.05) is 85.3 Å². The lowest BCUT2D eigenvalue weighted by molar-refractivity contribution is 0.0783. The number of hydrogen-bond donors (Lipinski definition) is 2. The first-order chi connectivity index (χ1) is 23.3. The normalized spacial score (nSPS) is 16.5. The zero-order valence-electron chi connectivity index (χ0n) is 27.3. The maximum atomic E-state index is 12.9. The molecule has 2 aliphatic heterocycles. The molecular weight excluding hydrogens is 608 g/mol. The van der Waals surface area contributed by atoms with Crippen molar-refractivity contribution in [3.8, 4) is 22.5 Å². The van der Waals surface area contributed by atoms with Gasteiger partial charge in [-0.3, -0.25) is 14.5 Å². The van der Waals surface area contributed by atoms with Gasteiger partial charge in [-0.25, -0.2) is 14.8 Å². The number of aryl methyl sites for hydroxylation is 1. The highest BCUT2D eigenvalue weighted by Crippen LogP contribution is 2.30. The summed E-state index contributed by atoms with van der Waals surface area (Å²) in [6.07, 6.45) is 6.55. The minimum Gasteiger partial charge on any atom is -0.378 e. The van der Waals surface area contributed by atoms with E-state index in [1.54, 1.807) is 28.9 Å². The second-order valence-corrected chi connectivity index (χ2v) is 12.4. The lowest BCUT2D eigenvalue weighted by Crippen LogP contribution is -2.37. The summed E-state index contributed by atoms with van der Waals surface area (Å²) in [6.45, 7) is 4.13. The number of fused-ring (bicyclic) bond motifs is 1. The van der Waals surface area contributed by atoms with E-state index in [2.05, 4.69) is 25.5 Å². The number of benzene rings is 2. The number of likely N-dealkylation sites (N-methyl/N-ethyl adjacent to an activating group) is 1. The van der Waals surface area contributed by atoms with Gasteiger partial charge in [0.05, 0.1) is 24.9 Å². The van der Waals surface area contributed by atoms with E-state index >= 15 is 0 Å². The molecule has 246 valence electrons. The van der Waals surface area contributed by atoms with Crippen LogP contribution in [0.4, 0.5) is 22.0 Å². The SMILES string of the molecule is CN(C)[C@@H]1CCN(C(=O)c2ccc(NC(=O)Nc3ccc(-c4nc(N5CCOCC5)c5ncc(-c6cnn(C)c6)cc5n4)cc3)cc2)C1. The minimum atomic E-state index is -0.388. The van der Waals surface area contributed by atoms with Crippen molar-refractivity contribution in [2.24, 2.45) is 7.05 Å². The average molecular weight is 647 g/mol. The summed E-state index contributed by atoms with van der Waals surface area (Å²) in [5.41, 5.74) is 5.95. The third-order valence-electron chi connectivity index (χ3n) is 8.84. The van der Waals surface area contributed by atoms with E-state index in [1.807, 2.05) is 75.0 Å². The smallest absolute Gasteiger partial charge is 0.323 e. The van der Waals surface area contributed by atoms with Crippen LogP contribution in [0, 0.1) is 0 Å². The van der Waals surface area contributed by atoms with E-state index in [9.17, 15) is 9.59 Å². The Bertz CT molecular complexity index is 1940. The quantitative estimate of drug-likeness (QED) is 0.265. The van der Waals surface area contributed by atoms with Crippen molar-refractivity contribution in [3.05, 3.63) is 78.8 Å². The molecule has 13 nitrogen and oxygen atoms in total. The molecule has 5 aromatic rings. The zero-order chi connectivity index (χ0) is 33.2. The number of nitrogens with zero attached hydrogens (tertiary/aromatic N) is 8. The van der Waals surface area contributed by atoms with Gasteiger partial charge >= 0.3 is 6.03 Å². The van der Waals surface area contributed by atoms with Crippen molar-refractivity contribution >= 4 is 40.2 Å². The van der Waals surface area contributed by atoms with Crippen molar-refractivity contribution in [3.63, 3.8) is 0 Å². The van der Waals surface area contributed by atoms with Gasteiger partial charge in [-0.15, -0.1) is 0 Å². The number of rotatable bonds is 7. The summed E-state index contributed by atoms with van der Waals surface area (Å²) < 4.78 is 7.34. The van der Waals surface area contributed by atoms with Crippen LogP contribution in [0.25, 0.3) is 33.5 Å². The van der Waals surface area contributed by atoms with Gasteiger partial charge in [-0.1, -0.05) is 0 Å². The Morgan fingerprint density at radius 2 is 1.58 bits per heavy atom. The molecule has 2 saturated heterocycles. The number of amides is 3. The molecule has 0 unspecified atom stereocenters. The Morgan fingerprint density at radius 3 is 2.23 bits per heavy atom. The van der Waals surface area contributed by atoms with E-state index in [1.165, 1.54) is 0 Å². The van der Waals surface area contributed by atoms with E-state index in [0.717, 1.165) is 53.1 Å². The first kappa shape index (κ1) is 31.2. The molecule has 0 radical (unpaired) electrons. The molecule has 0 saturated carbocycles. The number of morpholine rings is 1. The monoisotopic (exact) mass is 646 g/mol. The molecule has 13 heteroatoms. The van der Waals surface area contributed by atoms with E-state index in [-0.39, 0.29) is 11.9 Å². The largest absolute Gasteiger partial charge is 0.378 e. The number of pyridine rings is 1. The number of hydrogen-bond acceptors (Lipinski definition) is 9. The molecular formula is C35H38N10O3. The van der Waals surface area contributed by atoms with Gasteiger partial charge in [0.25, 0.3) is 5.91 Å². The topological polar surface area (TPSA) is 134 Å². The Kier molecular flexibility index (Phi) is 8.70. The van der Waals surface area contributed by atoms with Crippen molar-refractivity contribution < 1.29 is 14.3 Å². The summed E-state index contributed by atoms with van der Waals surface area (Å²) in [4.78, 5) is 46.6. The number of carbonyl (C=O) groups is 2. The van der Waals surface area contributed by atoms with Crippen molar-refractivity contribution in [1.29, 1.82) is 0 Å². The van der Waals surface area contributed by atoms with Crippen LogP contribution in [-0.4, -0.2) is 106 Å². The second-order valence-electron chi connectivity index (χ2n) is 12.4. The van der Waals surface area contributed by atoms with Crippen LogP contribution < -0.4 is 15.5 Å². The maximum Gasteiger partial charge on any atom is 0.323 e. The average Bonchev–Trinajstić information content (AvgIpc) is 3.78. The number of nitrogens with one attached hydrogen (secondary N) is 2. The van der Waals surface area contributed by atoms with Crippen LogP contribution in [0.3, 0.4) is 0 Å². The van der Waals surface area contributed by atoms with Crippen LogP contribution in [0.15, 0.2) is 73.2 Å². The molecule has 2 aliphatic rings. The van der Waals surface area contributed by atoms with Gasteiger partial charge < -0.3 is 30.1 Å². The summed E-state index contributed by atoms with van der Waals surface area (Å²) in [5, 5.41) is 10.0. The molecule has 2 N–H and O–H groups in total. The number of ether oxygens (including phenoxy) is 1. The summed E-state index contributed by atoms with van der Waals surface area (Å²) in [5.74, 6) is 1.34. The minimum absolute atomic E-state index is 0.00750. The van der Waals surface area contributed by atoms with Gasteiger partial charge in [-0.2, -0.15) is 5.10 Å². The number of likely N-dealkylation sites (tertiary alicyclic amines) is 1. The molecule has 48 heavy (non-hydrogen) atoms. The summed E-state index contributed by atoms with van der Waals surface area (Å²) in [6, 6.07) is 16.4. The van der Waals surface area contributed by atoms with Gasteiger partial charge in [-0.05, 0) is 75.1 Å². The molecule has 2 fully saturated rings. The van der Waals surface area contributed by atoms with Crippen molar-refractivity contribution in [1.82, 2.24) is 34.5 Å². The molecule has 3 amide bonds. The number of aromatic nitrogens is 5. The van der Waals surface area contributed by atoms with Gasteiger partial charge in [0.2, 0.25) is 0 Å². The van der Waals surface area contributed by atoms with Crippen LogP contribution in [0.2, 0.25) is 0 Å². The molecule has 7 rings (SSSR count). The van der Waals surface area contributed by atoms with Gasteiger partial charge in [0.1, 0.15) is 5.52 Å². The third kappa shape index (κ3) is 6.68. The van der Waals surface area contributed by atoms with Gasteiger partial charge in [0.15, 0.2) is 11.6 Å². The fraction of sp³-hybridized carbons (Fsp3) is 0.314. The molecule has 3 aromatic heterocycles. The lowest BCUT2D eigenvalue weighted by atomic mass is 10.1. The highest BCUT2D eigenvalue weighted by atomic mass is 16.5. The maximum absolute atomic E-state index is 12.9. The zero-order valence-corrected chi connectivity index (χ0v) is 27.3. The highest BCUT2D eigenvalue weighted by Gasteiger charge is 2.28. The standard InChI is InChI=1S/C35H38N10O3/c1-42(2)29-12-13-45(22-29)34(46)24-6-10-28(11-7-24)39-35(47)38-27-8-4-23(5-9-27)32-40-30-18-25(26-20-37-43(3)21-26)19-36-31(30)33(41-32)44-14-16-48-17-15-44/h4-11,18-21,29H,12-17,22H2,1-3H3,(H2,38,39,47)/t29-/m1/s1. The third-order valence-corrected chi connectivity index (χ3v) is 8.84. The van der Waals surface area contributed by atoms with Crippen molar-refractivity contribution in [2.45, 2.75) is 12.5 Å². The first-order valence-corrected chi connectivity index (χ1v) is 16.0. The Labute approximate surface area is 278 Å². The first-order valence-electron chi connectivity index (χ1n) is 16.0. The van der Waals surface area contributed by atoms with Crippen LogP contribution in [0.5, 0.6) is 0 Å². The molecule has 1 atom stereocenters. The number of anilines is 3. The molecule has 0 spiro atoms. The Balaban J connectivity index is 1.05. The second kappa shape index (κ2) is 13.4. The predicted molar refractivity (Wildman–Crippen MR) is 185 cm³/mol. The molecule has 5 heterocycles. The van der Waals surface area contributed by atoms with E-state index < -0.39 is 0 Å². The van der Waals surface area contributed by atoms with Crippen LogP contribution >= 0.6 is 0 Å². The molecule has 2 aromatic carbocycles. The summed E-state index contributed by atoms with van der Waals surface area (Å²) in [7, 11) is 5.96. The molecule has 0 aliphatic carbocycles.